The Kier molecular flexibility index (Phi) is 5.95. The first kappa shape index (κ1) is 13.6. The van der Waals surface area contributed by atoms with Crippen molar-refractivity contribution in [1.82, 2.24) is 10.3 Å². The molecule has 1 heterocycles. The molecule has 0 aromatic carbocycles. The zero-order chi connectivity index (χ0) is 12.0. The molecule has 92 valence electrons. The maximum atomic E-state index is 5.17. The van der Waals surface area contributed by atoms with E-state index in [1.807, 2.05) is 18.4 Å². The number of rotatable bonds is 7. The summed E-state index contributed by atoms with van der Waals surface area (Å²) in [4.78, 5) is 5.95. The Hall–Kier alpha value is -0.450. The van der Waals surface area contributed by atoms with Gasteiger partial charge in [0, 0.05) is 18.5 Å². The van der Waals surface area contributed by atoms with Gasteiger partial charge in [-0.2, -0.15) is 0 Å². The second-order valence-electron chi connectivity index (χ2n) is 4.37. The molecule has 0 amide bonds. The summed E-state index contributed by atoms with van der Waals surface area (Å²) in [6.45, 7) is 6.00. The smallest absolute Gasteiger partial charge is 0.0932 e. The summed E-state index contributed by atoms with van der Waals surface area (Å²) in [6.07, 6.45) is 2.29. The SMILES string of the molecule is CNCc1sc(CCC(C)C)nc1COC. The van der Waals surface area contributed by atoms with Crippen LogP contribution in [0.15, 0.2) is 0 Å². The highest BCUT2D eigenvalue weighted by Gasteiger charge is 2.10. The van der Waals surface area contributed by atoms with Gasteiger partial charge in [-0.25, -0.2) is 4.98 Å². The number of ether oxygens (including phenoxy) is 1. The van der Waals surface area contributed by atoms with Gasteiger partial charge in [0.25, 0.3) is 0 Å². The van der Waals surface area contributed by atoms with Crippen molar-refractivity contribution < 1.29 is 4.74 Å². The normalized spacial score (nSPS) is 11.3. The molecule has 16 heavy (non-hydrogen) atoms. The van der Waals surface area contributed by atoms with Crippen LogP contribution in [-0.2, 0) is 24.3 Å². The van der Waals surface area contributed by atoms with Crippen LogP contribution in [0.2, 0.25) is 0 Å². The molecule has 0 saturated heterocycles. The molecular weight excluding hydrogens is 220 g/mol. The van der Waals surface area contributed by atoms with Gasteiger partial charge in [-0.3, -0.25) is 0 Å². The van der Waals surface area contributed by atoms with Crippen molar-refractivity contribution in [3.63, 3.8) is 0 Å². The molecule has 4 heteroatoms. The Morgan fingerprint density at radius 1 is 1.44 bits per heavy atom. The number of hydrogen-bond donors (Lipinski definition) is 1. The zero-order valence-electron chi connectivity index (χ0n) is 10.7. The summed E-state index contributed by atoms with van der Waals surface area (Å²) in [5, 5.41) is 4.42. The minimum absolute atomic E-state index is 0.620. The Bertz CT molecular complexity index is 286. The summed E-state index contributed by atoms with van der Waals surface area (Å²) in [5.74, 6) is 0.738. The molecule has 1 N–H and O–H groups in total. The molecule has 1 aromatic heterocycles. The first-order valence-corrected chi connectivity index (χ1v) is 6.60. The van der Waals surface area contributed by atoms with Crippen LogP contribution in [0.1, 0.15) is 35.8 Å². The molecule has 3 nitrogen and oxygen atoms in total. The Balaban J connectivity index is 2.67. The van der Waals surface area contributed by atoms with Crippen molar-refractivity contribution in [2.24, 2.45) is 5.92 Å². The molecule has 0 aliphatic rings. The van der Waals surface area contributed by atoms with E-state index in [2.05, 4.69) is 24.1 Å². The van der Waals surface area contributed by atoms with E-state index in [0.717, 1.165) is 24.6 Å². The van der Waals surface area contributed by atoms with Gasteiger partial charge in [0.05, 0.1) is 17.3 Å². The number of hydrogen-bond acceptors (Lipinski definition) is 4. The predicted molar refractivity (Wildman–Crippen MR) is 68.7 cm³/mol. The maximum absolute atomic E-state index is 5.17. The molecule has 0 atom stereocenters. The van der Waals surface area contributed by atoms with E-state index in [4.69, 9.17) is 4.74 Å². The molecule has 0 aliphatic carbocycles. The second kappa shape index (κ2) is 6.99. The molecule has 0 radical (unpaired) electrons. The van der Waals surface area contributed by atoms with E-state index in [1.165, 1.54) is 16.3 Å². The van der Waals surface area contributed by atoms with Crippen LogP contribution in [0.5, 0.6) is 0 Å². The number of nitrogens with one attached hydrogen (secondary N) is 1. The summed E-state index contributed by atoms with van der Waals surface area (Å²) in [5.41, 5.74) is 1.10. The van der Waals surface area contributed by atoms with E-state index < -0.39 is 0 Å². The zero-order valence-corrected chi connectivity index (χ0v) is 11.5. The molecule has 0 saturated carbocycles. The minimum atomic E-state index is 0.620. The molecular formula is C12H22N2OS. The van der Waals surface area contributed by atoms with E-state index in [9.17, 15) is 0 Å². The van der Waals surface area contributed by atoms with E-state index in [-0.39, 0.29) is 0 Å². The van der Waals surface area contributed by atoms with Crippen LogP contribution in [0.25, 0.3) is 0 Å². The Labute approximate surface area is 102 Å². The average Bonchev–Trinajstić information content (AvgIpc) is 2.59. The standard InChI is InChI=1S/C12H22N2OS/c1-9(2)5-6-12-14-10(8-15-4)11(16-12)7-13-3/h9,13H,5-8H2,1-4H3. The molecule has 0 spiro atoms. The van der Waals surface area contributed by atoms with Crippen LogP contribution >= 0.6 is 11.3 Å². The Morgan fingerprint density at radius 2 is 2.19 bits per heavy atom. The predicted octanol–water partition coefficient (Wildman–Crippen LogP) is 2.60. The van der Waals surface area contributed by atoms with Crippen molar-refractivity contribution in [2.45, 2.75) is 39.8 Å². The Morgan fingerprint density at radius 3 is 2.75 bits per heavy atom. The van der Waals surface area contributed by atoms with E-state index in [0.29, 0.717) is 6.61 Å². The van der Waals surface area contributed by atoms with Gasteiger partial charge in [0.1, 0.15) is 0 Å². The number of aromatic nitrogens is 1. The molecule has 0 fully saturated rings. The van der Waals surface area contributed by atoms with Crippen LogP contribution in [0, 0.1) is 5.92 Å². The topological polar surface area (TPSA) is 34.2 Å². The fraction of sp³-hybridized carbons (Fsp3) is 0.750. The molecule has 1 aromatic rings. The first-order chi connectivity index (χ1) is 7.67. The molecule has 0 unspecified atom stereocenters. The van der Waals surface area contributed by atoms with Crippen molar-refractivity contribution in [3.05, 3.63) is 15.6 Å². The lowest BCUT2D eigenvalue weighted by Gasteiger charge is -2.00. The summed E-state index contributed by atoms with van der Waals surface area (Å²) >= 11 is 1.81. The van der Waals surface area contributed by atoms with Gasteiger partial charge in [-0.15, -0.1) is 11.3 Å². The first-order valence-electron chi connectivity index (χ1n) is 5.78. The number of aryl methyl sites for hydroxylation is 1. The highest BCUT2D eigenvalue weighted by Crippen LogP contribution is 2.21. The third-order valence-electron chi connectivity index (χ3n) is 2.38. The average molecular weight is 242 g/mol. The van der Waals surface area contributed by atoms with Gasteiger partial charge in [-0.1, -0.05) is 13.8 Å². The summed E-state index contributed by atoms with van der Waals surface area (Å²) in [7, 11) is 3.68. The van der Waals surface area contributed by atoms with Gasteiger partial charge < -0.3 is 10.1 Å². The quantitative estimate of drug-likeness (QED) is 0.798. The fourth-order valence-corrected chi connectivity index (χ4v) is 2.60. The highest BCUT2D eigenvalue weighted by molar-refractivity contribution is 7.11. The third-order valence-corrected chi connectivity index (χ3v) is 3.53. The largest absolute Gasteiger partial charge is 0.378 e. The van der Waals surface area contributed by atoms with Gasteiger partial charge in [-0.05, 0) is 25.8 Å². The van der Waals surface area contributed by atoms with E-state index >= 15 is 0 Å². The number of methoxy groups -OCH3 is 1. The van der Waals surface area contributed by atoms with Crippen LogP contribution in [0.3, 0.4) is 0 Å². The molecule has 0 bridgehead atoms. The van der Waals surface area contributed by atoms with Gasteiger partial charge in [0.15, 0.2) is 0 Å². The summed E-state index contributed by atoms with van der Waals surface area (Å²) < 4.78 is 5.17. The molecule has 0 aliphatic heterocycles. The fourth-order valence-electron chi connectivity index (χ4n) is 1.50. The lowest BCUT2D eigenvalue weighted by Crippen LogP contribution is -2.06. The molecule has 1 rings (SSSR count). The van der Waals surface area contributed by atoms with Crippen molar-refractivity contribution in [1.29, 1.82) is 0 Å². The van der Waals surface area contributed by atoms with Crippen molar-refractivity contribution in [3.8, 4) is 0 Å². The van der Waals surface area contributed by atoms with Crippen molar-refractivity contribution >= 4 is 11.3 Å². The third kappa shape index (κ3) is 4.20. The number of nitrogens with zero attached hydrogens (tertiary/aromatic N) is 1. The van der Waals surface area contributed by atoms with Crippen LogP contribution in [-0.4, -0.2) is 19.1 Å². The lowest BCUT2D eigenvalue weighted by molar-refractivity contribution is 0.181. The number of thiazole rings is 1. The van der Waals surface area contributed by atoms with Gasteiger partial charge in [0.2, 0.25) is 0 Å². The van der Waals surface area contributed by atoms with Crippen LogP contribution in [0.4, 0.5) is 0 Å². The monoisotopic (exact) mass is 242 g/mol. The maximum Gasteiger partial charge on any atom is 0.0932 e. The summed E-state index contributed by atoms with van der Waals surface area (Å²) in [6, 6.07) is 0. The van der Waals surface area contributed by atoms with E-state index in [1.54, 1.807) is 7.11 Å². The van der Waals surface area contributed by atoms with Gasteiger partial charge >= 0.3 is 0 Å². The minimum Gasteiger partial charge on any atom is -0.378 e. The second-order valence-corrected chi connectivity index (χ2v) is 5.54. The van der Waals surface area contributed by atoms with Crippen molar-refractivity contribution in [2.75, 3.05) is 14.2 Å². The lowest BCUT2D eigenvalue weighted by atomic mass is 10.1. The van der Waals surface area contributed by atoms with Crippen LogP contribution < -0.4 is 5.32 Å². The highest BCUT2D eigenvalue weighted by atomic mass is 32.1.